The van der Waals surface area contributed by atoms with E-state index in [0.717, 1.165) is 28.7 Å². The van der Waals surface area contributed by atoms with Gasteiger partial charge in [-0.15, -0.1) is 0 Å². The molecule has 2 rings (SSSR count). The normalized spacial score (nSPS) is 12.7. The van der Waals surface area contributed by atoms with Crippen molar-refractivity contribution in [1.29, 1.82) is 0 Å². The number of halogens is 3. The van der Waals surface area contributed by atoms with Crippen LogP contribution in [0, 0.1) is 0 Å². The third-order valence-corrected chi connectivity index (χ3v) is 7.07. The van der Waals surface area contributed by atoms with Gasteiger partial charge in [-0.05, 0) is 41.4 Å². The van der Waals surface area contributed by atoms with Crippen molar-refractivity contribution in [2.45, 2.75) is 35.1 Å². The molecule has 2 aromatic rings. The number of hydrogen-bond acceptors (Lipinski definition) is 3. The van der Waals surface area contributed by atoms with Crippen LogP contribution in [0.4, 0.5) is 0 Å². The van der Waals surface area contributed by atoms with Crippen molar-refractivity contribution in [2.24, 2.45) is 0 Å². The Morgan fingerprint density at radius 1 is 0.750 bits per heavy atom. The van der Waals surface area contributed by atoms with E-state index in [-0.39, 0.29) is 0 Å². The van der Waals surface area contributed by atoms with Crippen LogP contribution in [-0.4, -0.2) is 32.7 Å². The van der Waals surface area contributed by atoms with Crippen LogP contribution in [0.2, 0.25) is 25.7 Å². The Morgan fingerprint density at radius 2 is 1.14 bits per heavy atom. The van der Waals surface area contributed by atoms with E-state index in [1.807, 2.05) is 48.5 Å². The minimum Gasteiger partial charge on any atom is -0.497 e. The van der Waals surface area contributed by atoms with Gasteiger partial charge < -0.3 is 14.2 Å². The molecule has 0 saturated heterocycles. The topological polar surface area (TPSA) is 27.7 Å². The third kappa shape index (κ3) is 5.36. The van der Waals surface area contributed by atoms with Crippen molar-refractivity contribution in [3.05, 3.63) is 59.7 Å². The van der Waals surface area contributed by atoms with Gasteiger partial charge in [-0.25, -0.2) is 0 Å². The van der Waals surface area contributed by atoms with E-state index in [1.54, 1.807) is 14.2 Å². The zero-order chi connectivity index (χ0) is 21.0. The van der Waals surface area contributed by atoms with Crippen molar-refractivity contribution in [2.75, 3.05) is 20.8 Å². The Morgan fingerprint density at radius 3 is 1.43 bits per heavy atom. The summed E-state index contributed by atoms with van der Waals surface area (Å²) in [6, 6.07) is 15.8. The smallest absolute Gasteiger partial charge is 0.227 e. The quantitative estimate of drug-likeness (QED) is 0.324. The highest BCUT2D eigenvalue weighted by atomic mass is 35.6. The summed E-state index contributed by atoms with van der Waals surface area (Å²) in [7, 11) is 1.89. The van der Waals surface area contributed by atoms with E-state index >= 15 is 0 Å². The monoisotopic (exact) mass is 460 g/mol. The molecular formula is C21H27Cl3O3Si. The van der Waals surface area contributed by atoms with Crippen molar-refractivity contribution in [3.63, 3.8) is 0 Å². The molecule has 0 fully saturated rings. The summed E-state index contributed by atoms with van der Waals surface area (Å²) in [5.74, 6) is 1.44. The number of methoxy groups -OCH3 is 2. The molecule has 0 atom stereocenters. The largest absolute Gasteiger partial charge is 0.497 e. The average Bonchev–Trinajstić information content (AvgIpc) is 2.64. The average molecular weight is 462 g/mol. The molecule has 0 bridgehead atoms. The fraction of sp³-hybridized carbons (Fsp3) is 0.429. The van der Waals surface area contributed by atoms with E-state index < -0.39 is 17.5 Å². The van der Waals surface area contributed by atoms with Gasteiger partial charge in [0.15, 0.2) is 5.60 Å². The van der Waals surface area contributed by atoms with Crippen molar-refractivity contribution in [1.82, 2.24) is 0 Å². The molecule has 0 heterocycles. The molecule has 0 radical (unpaired) electrons. The second-order valence-electron chi connectivity index (χ2n) is 7.80. The zero-order valence-electron chi connectivity index (χ0n) is 16.9. The van der Waals surface area contributed by atoms with Crippen molar-refractivity contribution < 1.29 is 14.2 Å². The number of hydrogen-bond donors (Lipinski definition) is 0. The van der Waals surface area contributed by atoms with Crippen LogP contribution < -0.4 is 9.47 Å². The SMILES string of the molecule is COc1ccc(C(OCC[Si](C)(C)C)(c2ccc(OC)cc2)C(Cl)(Cl)Cl)cc1. The van der Waals surface area contributed by atoms with Crippen molar-refractivity contribution in [3.8, 4) is 11.5 Å². The molecule has 0 spiro atoms. The van der Waals surface area contributed by atoms with Gasteiger partial charge in [-0.2, -0.15) is 0 Å². The predicted molar refractivity (Wildman–Crippen MR) is 121 cm³/mol. The first-order valence-electron chi connectivity index (χ1n) is 9.03. The molecule has 2 aromatic carbocycles. The van der Waals surface area contributed by atoms with Crippen LogP contribution in [-0.2, 0) is 10.3 Å². The Balaban J connectivity index is 2.59. The first kappa shape index (κ1) is 23.4. The lowest BCUT2D eigenvalue weighted by Gasteiger charge is -2.41. The van der Waals surface area contributed by atoms with E-state index in [2.05, 4.69) is 19.6 Å². The van der Waals surface area contributed by atoms with Crippen LogP contribution in [0.5, 0.6) is 11.5 Å². The van der Waals surface area contributed by atoms with Crippen LogP contribution in [0.15, 0.2) is 48.5 Å². The highest BCUT2D eigenvalue weighted by molar-refractivity contribution is 6.76. The molecule has 0 N–H and O–H groups in total. The van der Waals surface area contributed by atoms with Gasteiger partial charge in [0.1, 0.15) is 11.5 Å². The maximum Gasteiger partial charge on any atom is 0.227 e. The van der Waals surface area contributed by atoms with E-state index in [9.17, 15) is 0 Å². The van der Waals surface area contributed by atoms with E-state index in [0.29, 0.717) is 6.61 Å². The number of rotatable bonds is 8. The molecule has 0 aliphatic carbocycles. The fourth-order valence-electron chi connectivity index (χ4n) is 2.90. The molecule has 154 valence electrons. The molecule has 28 heavy (non-hydrogen) atoms. The van der Waals surface area contributed by atoms with Gasteiger partial charge in [0, 0.05) is 14.7 Å². The number of alkyl halides is 3. The summed E-state index contributed by atoms with van der Waals surface area (Å²) in [5.41, 5.74) is 0.221. The number of ether oxygens (including phenoxy) is 3. The van der Waals surface area contributed by atoms with E-state index in [4.69, 9.17) is 49.0 Å². The standard InChI is InChI=1S/C21H27Cl3O3Si/c1-25-18-10-6-16(7-11-18)20(21(22,23)24,27-14-15-28(3,4)5)17-8-12-19(26-2)13-9-17/h6-13H,14-15H2,1-5H3. The van der Waals surface area contributed by atoms with Gasteiger partial charge in [0.05, 0.1) is 14.2 Å². The predicted octanol–water partition coefficient (Wildman–Crippen LogP) is 6.67. The minimum absolute atomic E-state index is 0.488. The lowest BCUT2D eigenvalue weighted by atomic mass is 9.87. The van der Waals surface area contributed by atoms with Gasteiger partial charge in [0.25, 0.3) is 0 Å². The summed E-state index contributed by atoms with van der Waals surface area (Å²) < 4.78 is 15.3. The summed E-state index contributed by atoms with van der Waals surface area (Å²) in [6.45, 7) is 7.35. The van der Waals surface area contributed by atoms with Gasteiger partial charge in [-0.3, -0.25) is 0 Å². The van der Waals surface area contributed by atoms with Crippen LogP contribution >= 0.6 is 34.8 Å². The number of benzene rings is 2. The van der Waals surface area contributed by atoms with Crippen LogP contribution in [0.3, 0.4) is 0 Å². The van der Waals surface area contributed by atoms with Crippen LogP contribution in [0.25, 0.3) is 0 Å². The maximum atomic E-state index is 6.58. The third-order valence-electron chi connectivity index (χ3n) is 4.56. The first-order chi connectivity index (χ1) is 13.0. The Bertz CT molecular complexity index is 703. The van der Waals surface area contributed by atoms with Crippen molar-refractivity contribution >= 4 is 42.9 Å². The summed E-state index contributed by atoms with van der Waals surface area (Å²) in [5, 5.41) is 0. The zero-order valence-corrected chi connectivity index (χ0v) is 20.2. The lowest BCUT2D eigenvalue weighted by Crippen LogP contribution is -2.44. The Hall–Kier alpha value is -0.913. The Labute approximate surface area is 183 Å². The highest BCUT2D eigenvalue weighted by Crippen LogP contribution is 2.52. The molecular weight excluding hydrogens is 435 g/mol. The van der Waals surface area contributed by atoms with Gasteiger partial charge in [0.2, 0.25) is 3.79 Å². The molecule has 0 aromatic heterocycles. The Kier molecular flexibility index (Phi) is 7.74. The maximum absolute atomic E-state index is 6.58. The fourth-order valence-corrected chi connectivity index (χ4v) is 4.44. The summed E-state index contributed by atoms with van der Waals surface area (Å²) in [6.07, 6.45) is 0. The van der Waals surface area contributed by atoms with Gasteiger partial charge in [-0.1, -0.05) is 78.7 Å². The molecule has 0 aliphatic rings. The summed E-state index contributed by atoms with van der Waals surface area (Å²) >= 11 is 19.7. The molecule has 3 nitrogen and oxygen atoms in total. The lowest BCUT2D eigenvalue weighted by molar-refractivity contribution is -0.00863. The molecule has 0 aliphatic heterocycles. The van der Waals surface area contributed by atoms with Gasteiger partial charge >= 0.3 is 0 Å². The van der Waals surface area contributed by atoms with E-state index in [1.165, 1.54) is 0 Å². The molecule has 0 amide bonds. The molecule has 0 unspecified atom stereocenters. The van der Waals surface area contributed by atoms with Crippen LogP contribution in [0.1, 0.15) is 11.1 Å². The second kappa shape index (κ2) is 9.27. The highest BCUT2D eigenvalue weighted by Gasteiger charge is 2.52. The molecule has 7 heteroatoms. The minimum atomic E-state index is -1.74. The summed E-state index contributed by atoms with van der Waals surface area (Å²) in [4.78, 5) is 0. The second-order valence-corrected chi connectivity index (χ2v) is 15.7. The first-order valence-corrected chi connectivity index (χ1v) is 13.9. The molecule has 0 saturated carbocycles.